The van der Waals surface area contributed by atoms with Crippen LogP contribution in [0, 0.1) is 0 Å². The maximum absolute atomic E-state index is 11.7. The van der Waals surface area contributed by atoms with Crippen molar-refractivity contribution in [2.24, 2.45) is 0 Å². The molecule has 0 aromatic heterocycles. The number of sulfonamides is 1. The van der Waals surface area contributed by atoms with Gasteiger partial charge in [0, 0.05) is 0 Å². The van der Waals surface area contributed by atoms with Crippen LogP contribution in [0.15, 0.2) is 18.2 Å². The molecule has 20 heavy (non-hydrogen) atoms. The molecule has 0 aliphatic heterocycles. The number of rotatable bonds is 5. The lowest BCUT2D eigenvalue weighted by Crippen LogP contribution is -2.45. The molecule has 0 bridgehead atoms. The molecule has 2 N–H and O–H groups in total. The number of amides is 1. The Morgan fingerprint density at radius 1 is 1.25 bits per heavy atom. The second-order valence-electron chi connectivity index (χ2n) is 4.90. The number of benzene rings is 1. The van der Waals surface area contributed by atoms with Crippen LogP contribution >= 0.6 is 23.2 Å². The Hall–Kier alpha value is -0.820. The van der Waals surface area contributed by atoms with Gasteiger partial charge in [0.2, 0.25) is 15.9 Å². The van der Waals surface area contributed by atoms with Crippen molar-refractivity contribution < 1.29 is 13.2 Å². The van der Waals surface area contributed by atoms with E-state index in [1.165, 1.54) is 0 Å². The largest absolute Gasteiger partial charge is 0.346 e. The van der Waals surface area contributed by atoms with E-state index in [0.717, 1.165) is 11.8 Å². The summed E-state index contributed by atoms with van der Waals surface area (Å²) in [5.74, 6) is -0.438. The Morgan fingerprint density at radius 3 is 2.35 bits per heavy atom. The molecule has 0 aliphatic rings. The monoisotopic (exact) mass is 338 g/mol. The smallest absolute Gasteiger partial charge is 0.235 e. The second-order valence-corrected chi connectivity index (χ2v) is 7.54. The van der Waals surface area contributed by atoms with E-state index >= 15 is 0 Å². The van der Waals surface area contributed by atoms with Crippen LogP contribution < -0.4 is 10.0 Å². The molecule has 112 valence electrons. The van der Waals surface area contributed by atoms with Crippen LogP contribution in [0.1, 0.15) is 19.4 Å². The minimum Gasteiger partial charge on any atom is -0.346 e. The fourth-order valence-corrected chi connectivity index (χ4v) is 2.24. The first-order chi connectivity index (χ1) is 9.01. The van der Waals surface area contributed by atoms with Crippen molar-refractivity contribution in [3.05, 3.63) is 33.8 Å². The summed E-state index contributed by atoms with van der Waals surface area (Å²) < 4.78 is 24.0. The van der Waals surface area contributed by atoms with Crippen LogP contribution in [0.3, 0.4) is 0 Å². The van der Waals surface area contributed by atoms with Crippen LogP contribution in [0.25, 0.3) is 0 Å². The van der Waals surface area contributed by atoms with E-state index in [1.54, 1.807) is 32.0 Å². The maximum Gasteiger partial charge on any atom is 0.235 e. The molecule has 0 atom stereocenters. The summed E-state index contributed by atoms with van der Waals surface area (Å²) in [6, 6.07) is 5.05. The van der Waals surface area contributed by atoms with Gasteiger partial charge >= 0.3 is 0 Å². The molecule has 0 fully saturated rings. The predicted octanol–water partition coefficient (Wildman–Crippen LogP) is 1.89. The molecular formula is C12H16Cl2N2O3S. The van der Waals surface area contributed by atoms with Gasteiger partial charge in [-0.05, 0) is 31.5 Å². The first-order valence-corrected chi connectivity index (χ1v) is 8.37. The number of halogens is 2. The Morgan fingerprint density at radius 2 is 1.85 bits per heavy atom. The van der Waals surface area contributed by atoms with Gasteiger partial charge in [-0.2, -0.15) is 0 Å². The number of hydrogen-bond acceptors (Lipinski definition) is 3. The highest BCUT2D eigenvalue weighted by atomic mass is 35.5. The Kier molecular flexibility index (Phi) is 5.43. The molecule has 0 saturated carbocycles. The lowest BCUT2D eigenvalue weighted by Gasteiger charge is -2.27. The van der Waals surface area contributed by atoms with Crippen molar-refractivity contribution in [3.8, 4) is 0 Å². The molecule has 0 saturated heterocycles. The fourth-order valence-electron chi connectivity index (χ4n) is 1.55. The summed E-state index contributed by atoms with van der Waals surface area (Å²) in [5.41, 5.74) is 0.0597. The zero-order valence-corrected chi connectivity index (χ0v) is 13.7. The maximum atomic E-state index is 11.7. The van der Waals surface area contributed by atoms with Crippen LogP contribution in [-0.4, -0.2) is 27.1 Å². The number of hydrogen-bond donors (Lipinski definition) is 2. The van der Waals surface area contributed by atoms with Crippen LogP contribution in [0.2, 0.25) is 10.0 Å². The van der Waals surface area contributed by atoms with Crippen molar-refractivity contribution in [3.63, 3.8) is 0 Å². The topological polar surface area (TPSA) is 75.3 Å². The van der Waals surface area contributed by atoms with E-state index in [2.05, 4.69) is 10.0 Å². The third-order valence-corrected chi connectivity index (χ3v) is 4.00. The van der Waals surface area contributed by atoms with Gasteiger partial charge in [-0.1, -0.05) is 29.3 Å². The van der Waals surface area contributed by atoms with Crippen LogP contribution in [0.4, 0.5) is 0 Å². The van der Waals surface area contributed by atoms with Gasteiger partial charge in [-0.25, -0.2) is 13.1 Å². The molecule has 1 aromatic carbocycles. The summed E-state index contributed by atoms with van der Waals surface area (Å²) in [4.78, 5) is 11.7. The zero-order valence-electron chi connectivity index (χ0n) is 11.3. The van der Waals surface area contributed by atoms with E-state index in [-0.39, 0.29) is 6.54 Å². The Labute approximate surface area is 128 Å². The predicted molar refractivity (Wildman–Crippen MR) is 80.5 cm³/mol. The van der Waals surface area contributed by atoms with E-state index in [9.17, 15) is 13.2 Å². The van der Waals surface area contributed by atoms with Gasteiger partial charge in [0.1, 0.15) is 0 Å². The summed E-state index contributed by atoms with van der Waals surface area (Å²) in [6.45, 7) is 3.25. The van der Waals surface area contributed by atoms with E-state index in [0.29, 0.717) is 10.0 Å². The summed E-state index contributed by atoms with van der Waals surface area (Å²) in [7, 11) is -3.40. The average molecular weight is 339 g/mol. The minimum atomic E-state index is -3.40. The highest BCUT2D eigenvalue weighted by Crippen LogP contribution is 2.28. The Bertz CT molecular complexity index is 615. The molecule has 0 heterocycles. The van der Waals surface area contributed by atoms with Crippen LogP contribution in [-0.2, 0) is 20.4 Å². The normalized spacial score (nSPS) is 12.2. The molecule has 1 rings (SSSR count). The lowest BCUT2D eigenvalue weighted by atomic mass is 9.94. The number of carbonyl (C=O) groups excluding carboxylic acids is 1. The van der Waals surface area contributed by atoms with Crippen molar-refractivity contribution >= 4 is 39.1 Å². The SMILES string of the molecule is CC(C)(NC(=O)CNS(C)(=O)=O)c1ccc(Cl)c(Cl)c1. The third kappa shape index (κ3) is 5.28. The lowest BCUT2D eigenvalue weighted by molar-refractivity contribution is -0.121. The highest BCUT2D eigenvalue weighted by Gasteiger charge is 2.23. The second kappa shape index (κ2) is 6.30. The molecule has 1 amide bonds. The zero-order chi connectivity index (χ0) is 15.6. The highest BCUT2D eigenvalue weighted by molar-refractivity contribution is 7.88. The standard InChI is InChI=1S/C12H16Cl2N2O3S/c1-12(2,8-4-5-9(13)10(14)6-8)16-11(17)7-15-20(3,18)19/h4-6,15H,7H2,1-3H3,(H,16,17). The summed E-state index contributed by atoms with van der Waals surface area (Å²) in [6.07, 6.45) is 0.990. The molecule has 8 heteroatoms. The quantitative estimate of drug-likeness (QED) is 0.860. The van der Waals surface area contributed by atoms with E-state index < -0.39 is 21.5 Å². The molecule has 5 nitrogen and oxygen atoms in total. The number of nitrogens with one attached hydrogen (secondary N) is 2. The van der Waals surface area contributed by atoms with Gasteiger partial charge in [-0.15, -0.1) is 0 Å². The molecule has 0 aliphatic carbocycles. The molecular weight excluding hydrogens is 323 g/mol. The number of carbonyl (C=O) groups is 1. The minimum absolute atomic E-state index is 0.316. The van der Waals surface area contributed by atoms with Gasteiger partial charge in [0.15, 0.2) is 0 Å². The molecule has 1 aromatic rings. The van der Waals surface area contributed by atoms with Gasteiger partial charge in [-0.3, -0.25) is 4.79 Å². The van der Waals surface area contributed by atoms with E-state index in [4.69, 9.17) is 23.2 Å². The van der Waals surface area contributed by atoms with E-state index in [1.807, 2.05) is 0 Å². The molecule has 0 spiro atoms. The first kappa shape index (κ1) is 17.2. The third-order valence-electron chi connectivity index (χ3n) is 2.59. The van der Waals surface area contributed by atoms with Gasteiger partial charge < -0.3 is 5.32 Å². The Balaban J connectivity index is 2.78. The van der Waals surface area contributed by atoms with Crippen molar-refractivity contribution in [1.82, 2.24) is 10.0 Å². The van der Waals surface area contributed by atoms with Crippen molar-refractivity contribution in [2.45, 2.75) is 19.4 Å². The molecule has 0 unspecified atom stereocenters. The van der Waals surface area contributed by atoms with Gasteiger partial charge in [0.25, 0.3) is 0 Å². The molecule has 0 radical (unpaired) electrons. The van der Waals surface area contributed by atoms with Crippen molar-refractivity contribution in [2.75, 3.05) is 12.8 Å². The fraction of sp³-hybridized carbons (Fsp3) is 0.417. The first-order valence-electron chi connectivity index (χ1n) is 5.72. The summed E-state index contributed by atoms with van der Waals surface area (Å²) >= 11 is 11.8. The van der Waals surface area contributed by atoms with Crippen molar-refractivity contribution in [1.29, 1.82) is 0 Å². The van der Waals surface area contributed by atoms with Crippen LogP contribution in [0.5, 0.6) is 0 Å². The van der Waals surface area contributed by atoms with Gasteiger partial charge in [0.05, 0.1) is 28.4 Å². The average Bonchev–Trinajstić information content (AvgIpc) is 2.28. The summed E-state index contributed by atoms with van der Waals surface area (Å²) in [5, 5.41) is 3.54.